The molecule has 1 heterocycles. The van der Waals surface area contributed by atoms with E-state index in [9.17, 15) is 4.79 Å². The van der Waals surface area contributed by atoms with E-state index in [4.69, 9.17) is 5.11 Å². The van der Waals surface area contributed by atoms with Gasteiger partial charge in [-0.05, 0) is 23.5 Å². The van der Waals surface area contributed by atoms with Crippen LogP contribution >= 0.6 is 11.8 Å². The molecule has 0 bridgehead atoms. The molecule has 3 nitrogen and oxygen atoms in total. The summed E-state index contributed by atoms with van der Waals surface area (Å²) < 4.78 is 0. The van der Waals surface area contributed by atoms with Crippen molar-refractivity contribution < 1.29 is 9.90 Å². The summed E-state index contributed by atoms with van der Waals surface area (Å²) in [4.78, 5) is 13.3. The van der Waals surface area contributed by atoms with Crippen LogP contribution in [0.4, 0.5) is 0 Å². The molecule has 0 aliphatic carbocycles. The van der Waals surface area contributed by atoms with Gasteiger partial charge in [0.1, 0.15) is 0 Å². The average molecular weight is 307 g/mol. The fraction of sp³-hybridized carbons (Fsp3) is 0.588. The van der Waals surface area contributed by atoms with Gasteiger partial charge in [-0.3, -0.25) is 9.69 Å². The Morgan fingerprint density at radius 2 is 2.00 bits per heavy atom. The number of benzene rings is 1. The number of hydrogen-bond acceptors (Lipinski definition) is 3. The number of aliphatic carboxylic acids is 1. The molecule has 0 spiro atoms. The van der Waals surface area contributed by atoms with Gasteiger partial charge in [0, 0.05) is 30.6 Å². The van der Waals surface area contributed by atoms with Gasteiger partial charge in [0.15, 0.2) is 0 Å². The minimum absolute atomic E-state index is 0.164. The molecule has 1 aromatic carbocycles. The third-order valence-electron chi connectivity index (χ3n) is 3.81. The first-order valence-electron chi connectivity index (χ1n) is 7.66. The van der Waals surface area contributed by atoms with Crippen molar-refractivity contribution in [2.45, 2.75) is 39.3 Å². The summed E-state index contributed by atoms with van der Waals surface area (Å²) in [6.45, 7) is 6.31. The van der Waals surface area contributed by atoms with E-state index >= 15 is 0 Å². The van der Waals surface area contributed by atoms with Crippen LogP contribution in [0, 0.1) is 5.92 Å². The van der Waals surface area contributed by atoms with Crippen LogP contribution in [0.25, 0.3) is 0 Å². The lowest BCUT2D eigenvalue weighted by molar-refractivity contribution is -0.138. The van der Waals surface area contributed by atoms with E-state index in [0.29, 0.717) is 5.92 Å². The van der Waals surface area contributed by atoms with E-state index in [-0.39, 0.29) is 12.5 Å². The van der Waals surface area contributed by atoms with Crippen LogP contribution in [0.15, 0.2) is 24.3 Å². The lowest BCUT2D eigenvalue weighted by Crippen LogP contribution is -2.42. The van der Waals surface area contributed by atoms with Crippen LogP contribution in [0.3, 0.4) is 0 Å². The summed E-state index contributed by atoms with van der Waals surface area (Å²) >= 11 is 1.86. The molecular weight excluding hydrogens is 282 g/mol. The molecule has 1 unspecified atom stereocenters. The Morgan fingerprint density at radius 1 is 1.33 bits per heavy atom. The molecule has 21 heavy (non-hydrogen) atoms. The van der Waals surface area contributed by atoms with Crippen molar-refractivity contribution >= 4 is 17.7 Å². The molecule has 1 N–H and O–H groups in total. The number of carbonyl (C=O) groups is 1. The molecule has 2 rings (SSSR count). The number of rotatable bonds is 6. The maximum Gasteiger partial charge on any atom is 0.304 e. The first-order valence-corrected chi connectivity index (χ1v) is 8.81. The predicted octanol–water partition coefficient (Wildman–Crippen LogP) is 3.28. The van der Waals surface area contributed by atoms with Gasteiger partial charge in [-0.1, -0.05) is 38.1 Å². The molecule has 0 aromatic heterocycles. The van der Waals surface area contributed by atoms with Gasteiger partial charge in [-0.15, -0.1) is 0 Å². The van der Waals surface area contributed by atoms with Gasteiger partial charge < -0.3 is 5.11 Å². The van der Waals surface area contributed by atoms with E-state index < -0.39 is 5.97 Å². The molecule has 4 heteroatoms. The van der Waals surface area contributed by atoms with E-state index in [2.05, 4.69) is 43.0 Å². The number of thioether (sulfide) groups is 1. The maximum atomic E-state index is 11.0. The average Bonchev–Trinajstić information content (AvgIpc) is 2.42. The summed E-state index contributed by atoms with van der Waals surface area (Å²) in [6, 6.07) is 8.96. The van der Waals surface area contributed by atoms with Crippen molar-refractivity contribution in [1.29, 1.82) is 0 Å². The van der Waals surface area contributed by atoms with E-state index in [1.165, 1.54) is 11.1 Å². The highest BCUT2D eigenvalue weighted by Crippen LogP contribution is 2.21. The van der Waals surface area contributed by atoms with Gasteiger partial charge in [0.2, 0.25) is 0 Å². The molecule has 0 saturated carbocycles. The van der Waals surface area contributed by atoms with Gasteiger partial charge in [0.05, 0.1) is 6.42 Å². The number of carboxylic acids is 1. The zero-order valence-electron chi connectivity index (χ0n) is 12.9. The van der Waals surface area contributed by atoms with Crippen LogP contribution < -0.4 is 0 Å². The van der Waals surface area contributed by atoms with Gasteiger partial charge >= 0.3 is 5.97 Å². The smallest absolute Gasteiger partial charge is 0.304 e. The van der Waals surface area contributed by atoms with Crippen molar-refractivity contribution in [1.82, 2.24) is 4.90 Å². The second-order valence-corrected chi connectivity index (χ2v) is 7.36. The summed E-state index contributed by atoms with van der Waals surface area (Å²) in [5.74, 6) is 2.01. The summed E-state index contributed by atoms with van der Waals surface area (Å²) in [5.41, 5.74) is 2.66. The Labute approximate surface area is 131 Å². The molecular formula is C17H25NO2S. The molecule has 1 saturated heterocycles. The van der Waals surface area contributed by atoms with Crippen molar-refractivity contribution in [3.05, 3.63) is 35.4 Å². The Kier molecular flexibility index (Phi) is 6.12. The van der Waals surface area contributed by atoms with Crippen molar-refractivity contribution in [3.8, 4) is 0 Å². The molecule has 1 aromatic rings. The lowest BCUT2D eigenvalue weighted by atomic mass is 10.0. The Morgan fingerprint density at radius 3 is 2.62 bits per heavy atom. The van der Waals surface area contributed by atoms with Gasteiger partial charge in [0.25, 0.3) is 0 Å². The van der Waals surface area contributed by atoms with E-state index in [0.717, 1.165) is 31.0 Å². The van der Waals surface area contributed by atoms with Crippen LogP contribution in [-0.2, 0) is 17.8 Å². The first kappa shape index (κ1) is 16.4. The topological polar surface area (TPSA) is 40.5 Å². The van der Waals surface area contributed by atoms with E-state index in [1.807, 2.05) is 11.8 Å². The highest BCUT2D eigenvalue weighted by atomic mass is 32.2. The summed E-state index contributed by atoms with van der Waals surface area (Å²) in [7, 11) is 0. The monoisotopic (exact) mass is 307 g/mol. The van der Waals surface area contributed by atoms with Crippen molar-refractivity contribution in [3.63, 3.8) is 0 Å². The lowest BCUT2D eigenvalue weighted by Gasteiger charge is -2.34. The molecule has 116 valence electrons. The van der Waals surface area contributed by atoms with E-state index in [1.54, 1.807) is 0 Å². The Hall–Kier alpha value is -1.00. The van der Waals surface area contributed by atoms with Crippen molar-refractivity contribution in [2.24, 2.45) is 5.92 Å². The molecule has 1 atom stereocenters. The third kappa shape index (κ3) is 5.36. The second kappa shape index (κ2) is 7.85. The predicted molar refractivity (Wildman–Crippen MR) is 88.8 cm³/mol. The minimum Gasteiger partial charge on any atom is -0.481 e. The Balaban J connectivity index is 1.96. The fourth-order valence-corrected chi connectivity index (χ4v) is 3.90. The molecule has 1 fully saturated rings. The highest BCUT2D eigenvalue weighted by molar-refractivity contribution is 7.99. The number of nitrogens with zero attached hydrogens (tertiary/aromatic N) is 1. The maximum absolute atomic E-state index is 11.0. The number of carboxylic acid groups (broad SMARTS) is 1. The highest BCUT2D eigenvalue weighted by Gasteiger charge is 2.24. The summed E-state index contributed by atoms with van der Waals surface area (Å²) in [5, 5.41) is 9.03. The Bertz CT molecular complexity index is 458. The van der Waals surface area contributed by atoms with Gasteiger partial charge in [-0.25, -0.2) is 0 Å². The first-order chi connectivity index (χ1) is 10.0. The molecule has 1 aliphatic rings. The van der Waals surface area contributed by atoms with Crippen molar-refractivity contribution in [2.75, 3.05) is 18.1 Å². The van der Waals surface area contributed by atoms with Crippen LogP contribution in [0.1, 0.15) is 31.4 Å². The van der Waals surface area contributed by atoms with Crippen LogP contribution in [0.5, 0.6) is 0 Å². The van der Waals surface area contributed by atoms with Gasteiger partial charge in [-0.2, -0.15) is 11.8 Å². The summed E-state index contributed by atoms with van der Waals surface area (Å²) in [6.07, 6.45) is 1.36. The molecule has 1 aliphatic heterocycles. The molecule has 0 radical (unpaired) electrons. The zero-order chi connectivity index (χ0) is 15.2. The standard InChI is InChI=1S/C17H25NO2S/c1-13(2)9-14-3-5-15(6-4-14)11-18-7-8-21-12-16(18)10-17(19)20/h3-6,13,16H,7-12H2,1-2H3,(H,19,20). The zero-order valence-corrected chi connectivity index (χ0v) is 13.7. The third-order valence-corrected chi connectivity index (χ3v) is 4.90. The molecule has 0 amide bonds. The normalized spacial score (nSPS) is 19.9. The van der Waals surface area contributed by atoms with Crippen LogP contribution in [-0.4, -0.2) is 40.1 Å². The quantitative estimate of drug-likeness (QED) is 0.875. The second-order valence-electron chi connectivity index (χ2n) is 6.21. The SMILES string of the molecule is CC(C)Cc1ccc(CN2CCSCC2CC(=O)O)cc1. The van der Waals surface area contributed by atoms with Crippen LogP contribution in [0.2, 0.25) is 0 Å². The number of hydrogen-bond donors (Lipinski definition) is 1. The minimum atomic E-state index is -0.695. The fourth-order valence-electron chi connectivity index (χ4n) is 2.77. The largest absolute Gasteiger partial charge is 0.481 e.